The third-order valence-electron chi connectivity index (χ3n) is 0.625. The molecule has 0 aliphatic carbocycles. The molecule has 13 nitrogen and oxygen atoms in total. The van der Waals surface area contributed by atoms with Crippen LogP contribution in [0.5, 0.6) is 0 Å². The van der Waals surface area contributed by atoms with E-state index in [1.807, 2.05) is 0 Å². The topological polar surface area (TPSA) is 217 Å². The average Bonchev–Trinajstić information content (AvgIpc) is 1.65. The molecule has 0 saturated heterocycles. The van der Waals surface area contributed by atoms with Crippen LogP contribution in [0.3, 0.4) is 0 Å². The Morgan fingerprint density at radius 3 is 0.947 bits per heavy atom. The summed E-state index contributed by atoms with van der Waals surface area (Å²) in [6.45, 7) is 0. The van der Waals surface area contributed by atoms with E-state index in [2.05, 4.69) is 12.9 Å². The Bertz CT molecular complexity index is 421. The Labute approximate surface area is 193 Å². The van der Waals surface area contributed by atoms with Crippen LogP contribution < -0.4 is 103 Å². The maximum atomic E-state index is 10.7. The third-order valence-corrected chi connectivity index (χ3v) is 5.63. The SMILES string of the molecule is O=P(O)(O)OP(=O)(O)OP(=O)(O)OP(=O)(O)O.[H-].[H-].[K+].[K+]. The van der Waals surface area contributed by atoms with Gasteiger partial charge < -0.3 is 32.2 Å². The van der Waals surface area contributed by atoms with E-state index in [0.717, 1.165) is 0 Å². The standard InChI is InChI=1S/2K.H6O13P4.2H/c;;1-14(2,3)11-16(7,8)13-17(9,10)12-15(4,5)6;;/h;;(H,7,8)(H,9,10)(H2,1,2,3)(H2,4,5,6);;/q2*+1;;2*-1. The maximum absolute atomic E-state index is 10.7. The van der Waals surface area contributed by atoms with Crippen molar-refractivity contribution < 1.29 is 166 Å². The van der Waals surface area contributed by atoms with Crippen molar-refractivity contribution in [1.82, 2.24) is 0 Å². The fraction of sp³-hybridized carbons (Fsp3) is 0. The summed E-state index contributed by atoms with van der Waals surface area (Å²) in [5.74, 6) is 0. The van der Waals surface area contributed by atoms with Gasteiger partial charge in [0.1, 0.15) is 0 Å². The van der Waals surface area contributed by atoms with E-state index >= 15 is 0 Å². The molecule has 108 valence electrons. The van der Waals surface area contributed by atoms with Gasteiger partial charge in [-0.15, -0.1) is 0 Å². The van der Waals surface area contributed by atoms with Crippen molar-refractivity contribution in [2.45, 2.75) is 0 Å². The first-order chi connectivity index (χ1) is 7.12. The van der Waals surface area contributed by atoms with Gasteiger partial charge in [-0.25, -0.2) is 18.3 Å². The minimum Gasteiger partial charge on any atom is -1.00 e. The smallest absolute Gasteiger partial charge is 1.00 e. The zero-order valence-electron chi connectivity index (χ0n) is 11.3. The van der Waals surface area contributed by atoms with E-state index in [1.165, 1.54) is 0 Å². The number of rotatable bonds is 6. The molecule has 19 heteroatoms. The van der Waals surface area contributed by atoms with Crippen LogP contribution in [0.4, 0.5) is 0 Å². The Morgan fingerprint density at radius 2 is 0.789 bits per heavy atom. The first kappa shape index (κ1) is 27.7. The molecule has 0 aromatic rings. The van der Waals surface area contributed by atoms with E-state index in [1.54, 1.807) is 0 Å². The minimum absolute atomic E-state index is 0. The summed E-state index contributed by atoms with van der Waals surface area (Å²) < 4.78 is 50.9. The summed E-state index contributed by atoms with van der Waals surface area (Å²) in [5.41, 5.74) is 0. The van der Waals surface area contributed by atoms with Crippen molar-refractivity contribution in [3.05, 3.63) is 0 Å². The fourth-order valence-electron chi connectivity index (χ4n) is 0.429. The normalized spacial score (nSPS) is 18.4. The molecule has 0 aliphatic rings. The van der Waals surface area contributed by atoms with Gasteiger partial charge >= 0.3 is 134 Å². The molecule has 0 fully saturated rings. The molecular formula is H8K2O13P4. The van der Waals surface area contributed by atoms with Crippen molar-refractivity contribution >= 4 is 31.3 Å². The molecule has 0 aromatic carbocycles. The predicted molar refractivity (Wildman–Crippen MR) is 49.2 cm³/mol. The van der Waals surface area contributed by atoms with Gasteiger partial charge in [0, 0.05) is 0 Å². The van der Waals surface area contributed by atoms with Crippen LogP contribution in [0.2, 0.25) is 0 Å². The zero-order valence-corrected chi connectivity index (χ0v) is 19.2. The molecule has 0 rings (SSSR count). The summed E-state index contributed by atoms with van der Waals surface area (Å²) >= 11 is 0. The van der Waals surface area contributed by atoms with Gasteiger partial charge in [-0.05, 0) is 0 Å². The summed E-state index contributed by atoms with van der Waals surface area (Å²) in [5, 5.41) is 0. The van der Waals surface area contributed by atoms with Crippen LogP contribution in [0.25, 0.3) is 0 Å². The van der Waals surface area contributed by atoms with Gasteiger partial charge in [0.2, 0.25) is 0 Å². The molecule has 0 amide bonds. The minimum atomic E-state index is -5.77. The van der Waals surface area contributed by atoms with E-state index in [9.17, 15) is 18.3 Å². The predicted octanol–water partition coefficient (Wildman–Crippen LogP) is -6.34. The fourth-order valence-corrected chi connectivity index (χ4v) is 4.40. The van der Waals surface area contributed by atoms with Gasteiger partial charge in [0.15, 0.2) is 0 Å². The van der Waals surface area contributed by atoms with E-state index in [0.29, 0.717) is 0 Å². The van der Waals surface area contributed by atoms with Crippen molar-refractivity contribution in [3.63, 3.8) is 0 Å². The summed E-state index contributed by atoms with van der Waals surface area (Å²) in [4.78, 5) is 49.4. The Morgan fingerprint density at radius 1 is 0.579 bits per heavy atom. The van der Waals surface area contributed by atoms with Gasteiger partial charge in [0.25, 0.3) is 0 Å². The molecule has 0 bridgehead atoms. The average molecular weight is 418 g/mol. The molecule has 0 heterocycles. The first-order valence-electron chi connectivity index (χ1n) is 3.03. The van der Waals surface area contributed by atoms with Gasteiger partial charge in [-0.3, -0.25) is 0 Å². The Hall–Kier alpha value is 3.83. The van der Waals surface area contributed by atoms with Gasteiger partial charge in [-0.2, -0.15) is 12.9 Å². The Balaban J connectivity index is -0.000000213. The molecule has 6 N–H and O–H groups in total. The molecule has 2 unspecified atom stereocenters. The Kier molecular flexibility index (Phi) is 14.5. The van der Waals surface area contributed by atoms with Crippen LogP contribution in [0, 0.1) is 0 Å². The second-order valence-corrected chi connectivity index (χ2v) is 7.96. The molecule has 0 aliphatic heterocycles. The second kappa shape index (κ2) is 9.97. The zero-order chi connectivity index (χ0) is 14.1. The summed E-state index contributed by atoms with van der Waals surface area (Å²) in [7, 11) is -22.6. The number of hydrogen-bond donors (Lipinski definition) is 6. The van der Waals surface area contributed by atoms with Crippen molar-refractivity contribution in [1.29, 1.82) is 0 Å². The maximum Gasteiger partial charge on any atom is 1.00 e. The quantitative estimate of drug-likeness (QED) is 0.175. The van der Waals surface area contributed by atoms with Crippen LogP contribution in [0.1, 0.15) is 2.85 Å². The van der Waals surface area contributed by atoms with Crippen molar-refractivity contribution in [2.75, 3.05) is 0 Å². The largest absolute Gasteiger partial charge is 1.00 e. The van der Waals surface area contributed by atoms with Crippen LogP contribution in [0.15, 0.2) is 0 Å². The summed E-state index contributed by atoms with van der Waals surface area (Å²) in [6, 6.07) is 0. The van der Waals surface area contributed by atoms with E-state index in [4.69, 9.17) is 29.4 Å². The third kappa shape index (κ3) is 18.0. The molecule has 0 saturated carbocycles. The molecule has 2 atom stereocenters. The first-order valence-corrected chi connectivity index (χ1v) is 9.08. The van der Waals surface area contributed by atoms with Crippen molar-refractivity contribution in [2.24, 2.45) is 0 Å². The van der Waals surface area contributed by atoms with E-state index in [-0.39, 0.29) is 106 Å². The molecular weight excluding hydrogens is 410 g/mol. The molecule has 0 radical (unpaired) electrons. The van der Waals surface area contributed by atoms with Crippen LogP contribution >= 0.6 is 31.3 Å². The van der Waals surface area contributed by atoms with Crippen LogP contribution in [-0.4, -0.2) is 29.4 Å². The van der Waals surface area contributed by atoms with Crippen LogP contribution in [-0.2, 0) is 31.2 Å². The van der Waals surface area contributed by atoms with Gasteiger partial charge in [0.05, 0.1) is 0 Å². The molecule has 0 aromatic heterocycles. The monoisotopic (exact) mass is 418 g/mol. The number of phosphoric acid groups is 4. The summed E-state index contributed by atoms with van der Waals surface area (Å²) in [6.07, 6.45) is 0. The molecule has 0 spiro atoms. The van der Waals surface area contributed by atoms with Crippen molar-refractivity contribution in [3.8, 4) is 0 Å². The van der Waals surface area contributed by atoms with E-state index < -0.39 is 31.3 Å². The number of hydrogen-bond acceptors (Lipinski definition) is 7. The molecule has 19 heavy (non-hydrogen) atoms. The second-order valence-electron chi connectivity index (χ2n) is 2.16. The van der Waals surface area contributed by atoms with Gasteiger partial charge in [-0.1, -0.05) is 0 Å².